The minimum absolute atomic E-state index is 0.0176. The van der Waals surface area contributed by atoms with Gasteiger partial charge in [0, 0.05) is 6.42 Å². The maximum atomic E-state index is 12.3. The molecule has 31 heavy (non-hydrogen) atoms. The van der Waals surface area contributed by atoms with Crippen molar-refractivity contribution in [3.63, 3.8) is 0 Å². The van der Waals surface area contributed by atoms with Crippen molar-refractivity contribution in [1.29, 1.82) is 0 Å². The average Bonchev–Trinajstić information content (AvgIpc) is 2.69. The van der Waals surface area contributed by atoms with Crippen molar-refractivity contribution in [1.82, 2.24) is 15.3 Å². The van der Waals surface area contributed by atoms with Gasteiger partial charge in [-0.3, -0.25) is 4.79 Å². The Bertz CT molecular complexity index is 921. The smallest absolute Gasteiger partial charge is 0.341 e. The summed E-state index contributed by atoms with van der Waals surface area (Å²) in [5, 5.41) is 11.4. The zero-order chi connectivity index (χ0) is 23.0. The van der Waals surface area contributed by atoms with Crippen molar-refractivity contribution in [2.24, 2.45) is 0 Å². The van der Waals surface area contributed by atoms with Gasteiger partial charge in [-0.1, -0.05) is 23.7 Å². The lowest BCUT2D eigenvalue weighted by Gasteiger charge is -2.30. The molecule has 0 saturated carbocycles. The number of carboxylic acid groups (broad SMARTS) is 1. The van der Waals surface area contributed by atoms with Crippen LogP contribution in [-0.4, -0.2) is 71.8 Å². The number of anilines is 2. The van der Waals surface area contributed by atoms with Crippen molar-refractivity contribution >= 4 is 35.1 Å². The summed E-state index contributed by atoms with van der Waals surface area (Å²) in [7, 11) is 4.17. The number of halogens is 1. The van der Waals surface area contributed by atoms with Crippen molar-refractivity contribution in [3.05, 3.63) is 40.7 Å². The van der Waals surface area contributed by atoms with Crippen LogP contribution in [0.1, 0.15) is 22.5 Å². The fraction of sp³-hybridized carbons (Fsp3) is 0.400. The number of quaternary nitrogens is 1. The number of hydrogen-bond acceptors (Lipinski definition) is 7. The molecule has 0 bridgehead atoms. The maximum Gasteiger partial charge on any atom is 0.341 e. The average molecular weight is 452 g/mol. The van der Waals surface area contributed by atoms with Crippen LogP contribution < -0.4 is 21.5 Å². The number of nitrogens with two attached hydrogens (primary N) is 2. The number of nitrogens with one attached hydrogen (secondary N) is 1. The number of aryl methyl sites for hydroxylation is 1. The topological polar surface area (TPSA) is 153 Å². The van der Waals surface area contributed by atoms with Gasteiger partial charge in [0.1, 0.15) is 5.75 Å². The number of carboxylic acids is 1. The highest BCUT2D eigenvalue weighted by atomic mass is 35.5. The Labute approximate surface area is 185 Å². The van der Waals surface area contributed by atoms with Crippen LogP contribution in [0.3, 0.4) is 0 Å². The van der Waals surface area contributed by atoms with Crippen LogP contribution in [0, 0.1) is 0 Å². The minimum atomic E-state index is -1.01. The van der Waals surface area contributed by atoms with E-state index in [2.05, 4.69) is 29.4 Å². The summed E-state index contributed by atoms with van der Waals surface area (Å²) in [6.07, 6.45) is 1.82. The van der Waals surface area contributed by atoms with Gasteiger partial charge in [0.2, 0.25) is 0 Å². The van der Waals surface area contributed by atoms with Gasteiger partial charge in [-0.15, -0.1) is 0 Å². The molecule has 1 aromatic heterocycles. The summed E-state index contributed by atoms with van der Waals surface area (Å²) >= 11 is 5.81. The Kier molecular flexibility index (Phi) is 8.40. The highest BCUT2D eigenvalue weighted by Gasteiger charge is 2.18. The van der Waals surface area contributed by atoms with Crippen LogP contribution in [0.4, 0.5) is 11.6 Å². The third-order valence-electron chi connectivity index (χ3n) is 4.64. The van der Waals surface area contributed by atoms with Crippen LogP contribution >= 0.6 is 11.6 Å². The third-order valence-corrected chi connectivity index (χ3v) is 4.92. The van der Waals surface area contributed by atoms with Crippen molar-refractivity contribution in [3.8, 4) is 5.75 Å². The monoisotopic (exact) mass is 451 g/mol. The number of nitrogens with zero attached hydrogens (tertiary/aromatic N) is 3. The number of carbonyl (C=O) groups is 2. The summed E-state index contributed by atoms with van der Waals surface area (Å²) in [6.45, 7) is 1.70. The number of rotatable bonds is 11. The van der Waals surface area contributed by atoms with Crippen LogP contribution in [-0.2, 0) is 11.2 Å². The first-order valence-corrected chi connectivity index (χ1v) is 10.1. The van der Waals surface area contributed by atoms with E-state index in [0.29, 0.717) is 23.3 Å². The standard InChI is InChI=1S/C20H27ClN6O4/c1-27(2,10-3-4-13-5-7-14(8-6-13)31-12-15(28)29)11-9-24-20(30)16-18(22)26-19(23)17(21)25-16/h5-8H,3-4,9-12H2,1-2H3,(H5-,22,23,24,26,28,29,30)/p+1. The first kappa shape index (κ1) is 24.2. The van der Waals surface area contributed by atoms with Crippen LogP contribution in [0.5, 0.6) is 5.75 Å². The van der Waals surface area contributed by atoms with Gasteiger partial charge in [0.05, 0.1) is 33.7 Å². The maximum absolute atomic E-state index is 12.3. The first-order chi connectivity index (χ1) is 14.6. The quantitative estimate of drug-likeness (QED) is 0.371. The number of benzene rings is 1. The Morgan fingerprint density at radius 1 is 1.13 bits per heavy atom. The molecule has 0 saturated heterocycles. The highest BCUT2D eigenvalue weighted by molar-refractivity contribution is 6.31. The lowest BCUT2D eigenvalue weighted by Crippen LogP contribution is -2.46. The highest BCUT2D eigenvalue weighted by Crippen LogP contribution is 2.17. The van der Waals surface area contributed by atoms with Gasteiger partial charge in [-0.25, -0.2) is 14.8 Å². The molecule has 0 unspecified atom stereocenters. The first-order valence-electron chi connectivity index (χ1n) is 9.69. The van der Waals surface area contributed by atoms with Gasteiger partial charge in [0.15, 0.2) is 29.1 Å². The number of aliphatic carboxylic acids is 1. The molecule has 0 aliphatic carbocycles. The fourth-order valence-corrected chi connectivity index (χ4v) is 3.01. The van der Waals surface area contributed by atoms with E-state index in [1.165, 1.54) is 0 Å². The lowest BCUT2D eigenvalue weighted by atomic mass is 10.1. The predicted octanol–water partition coefficient (Wildman–Crippen LogP) is 1.20. The summed E-state index contributed by atoms with van der Waals surface area (Å²) in [6, 6.07) is 7.40. The molecule has 1 aromatic carbocycles. The van der Waals surface area contributed by atoms with E-state index in [1.807, 2.05) is 12.1 Å². The molecule has 0 aliphatic rings. The van der Waals surface area contributed by atoms with Crippen molar-refractivity contribution in [2.45, 2.75) is 12.8 Å². The normalized spacial score (nSPS) is 11.2. The molecule has 0 atom stereocenters. The van der Waals surface area contributed by atoms with Crippen LogP contribution in [0.25, 0.3) is 0 Å². The molecule has 1 heterocycles. The molecule has 0 aliphatic heterocycles. The number of ether oxygens (including phenoxy) is 1. The molecule has 10 nitrogen and oxygen atoms in total. The number of carbonyl (C=O) groups excluding carboxylic acids is 1. The Morgan fingerprint density at radius 3 is 2.45 bits per heavy atom. The van der Waals surface area contributed by atoms with Gasteiger partial charge in [0.25, 0.3) is 5.91 Å². The number of hydrogen-bond donors (Lipinski definition) is 4. The van der Waals surface area contributed by atoms with E-state index in [-0.39, 0.29) is 29.1 Å². The van der Waals surface area contributed by atoms with E-state index < -0.39 is 11.9 Å². The van der Waals surface area contributed by atoms with E-state index in [0.717, 1.165) is 24.9 Å². The fourth-order valence-electron chi connectivity index (χ4n) is 2.88. The lowest BCUT2D eigenvalue weighted by molar-refractivity contribution is -0.889. The molecule has 6 N–H and O–H groups in total. The molecule has 11 heteroatoms. The summed E-state index contributed by atoms with van der Waals surface area (Å²) in [4.78, 5) is 30.5. The van der Waals surface area contributed by atoms with E-state index in [4.69, 9.17) is 32.9 Å². The van der Waals surface area contributed by atoms with E-state index in [9.17, 15) is 9.59 Å². The Morgan fingerprint density at radius 2 is 1.81 bits per heavy atom. The van der Waals surface area contributed by atoms with Gasteiger partial charge < -0.3 is 31.1 Å². The summed E-state index contributed by atoms with van der Waals surface area (Å²) in [5.41, 5.74) is 12.3. The molecule has 1 amide bonds. The van der Waals surface area contributed by atoms with Gasteiger partial charge in [-0.2, -0.15) is 0 Å². The molecular weight excluding hydrogens is 424 g/mol. The second-order valence-electron chi connectivity index (χ2n) is 7.70. The zero-order valence-electron chi connectivity index (χ0n) is 17.6. The number of aromatic nitrogens is 2. The Hall–Kier alpha value is -3.11. The predicted molar refractivity (Wildman–Crippen MR) is 118 cm³/mol. The van der Waals surface area contributed by atoms with Crippen molar-refractivity contribution in [2.75, 3.05) is 51.8 Å². The number of likely N-dealkylation sites (N-methyl/N-ethyl adjacent to an activating group) is 1. The molecule has 2 aromatic rings. The van der Waals surface area contributed by atoms with Crippen molar-refractivity contribution < 1.29 is 23.9 Å². The minimum Gasteiger partial charge on any atom is -0.482 e. The van der Waals surface area contributed by atoms with Gasteiger partial charge >= 0.3 is 5.97 Å². The van der Waals surface area contributed by atoms with E-state index >= 15 is 0 Å². The molecule has 168 valence electrons. The van der Waals surface area contributed by atoms with E-state index in [1.54, 1.807) is 12.1 Å². The molecule has 2 rings (SSSR count). The van der Waals surface area contributed by atoms with Gasteiger partial charge in [-0.05, 0) is 24.1 Å². The SMILES string of the molecule is C[N+](C)(CCCc1ccc(OCC(=O)O)cc1)CCNC(=O)c1nc(Cl)c(N)nc1N. The second kappa shape index (κ2) is 10.8. The summed E-state index contributed by atoms with van der Waals surface area (Å²) < 4.78 is 5.84. The molecule has 0 spiro atoms. The molecular formula is C20H28ClN6O4+. The molecule has 0 radical (unpaired) electrons. The summed E-state index contributed by atoms with van der Waals surface area (Å²) in [5.74, 6) is -1.000. The largest absolute Gasteiger partial charge is 0.482 e. The second-order valence-corrected chi connectivity index (χ2v) is 8.06. The Balaban J connectivity index is 1.75. The molecule has 0 fully saturated rings. The van der Waals surface area contributed by atoms with Crippen LogP contribution in [0.15, 0.2) is 24.3 Å². The van der Waals surface area contributed by atoms with Crippen LogP contribution in [0.2, 0.25) is 5.15 Å². The third kappa shape index (κ3) is 7.91. The number of amides is 1. The number of nitrogen functional groups attached to an aromatic ring is 2. The zero-order valence-corrected chi connectivity index (χ0v) is 18.4.